The molecule has 0 N–H and O–H groups in total. The Labute approximate surface area is 72.5 Å². The van der Waals surface area contributed by atoms with Gasteiger partial charge in [-0.05, 0) is 18.1 Å². The van der Waals surface area contributed by atoms with Crippen LogP contribution in [0.5, 0.6) is 0 Å². The molecule has 0 saturated carbocycles. The summed E-state index contributed by atoms with van der Waals surface area (Å²) in [6.07, 6.45) is 6.19. The van der Waals surface area contributed by atoms with Gasteiger partial charge in [-0.25, -0.2) is 0 Å². The molecule has 1 nitrogen and oxygen atoms in total. The Hall–Kier alpha value is -1.37. The summed E-state index contributed by atoms with van der Waals surface area (Å²) in [7, 11) is 0. The van der Waals surface area contributed by atoms with Crippen LogP contribution in [0.15, 0.2) is 35.3 Å². The number of aliphatic imine (C=N–C) groups is 1. The zero-order valence-corrected chi connectivity index (χ0v) is 7.07. The predicted molar refractivity (Wildman–Crippen MR) is 52.5 cm³/mol. The van der Waals surface area contributed by atoms with Crippen LogP contribution in [0.25, 0.3) is 6.08 Å². The molecule has 2 rings (SSSR count). The number of nitrogens with zero attached hydrogens (tertiary/aromatic N) is 1. The van der Waals surface area contributed by atoms with Crippen molar-refractivity contribution in [3.63, 3.8) is 0 Å². The number of fused-ring (bicyclic) bond motifs is 1. The maximum Gasteiger partial charge on any atom is 0.0655 e. The summed E-state index contributed by atoms with van der Waals surface area (Å²) >= 11 is 0. The minimum atomic E-state index is 0.303. The quantitative estimate of drug-likeness (QED) is 0.548. The molecule has 1 heteroatoms. The van der Waals surface area contributed by atoms with Crippen LogP contribution in [0.1, 0.15) is 18.1 Å². The third kappa shape index (κ3) is 1.30. The first-order valence-corrected chi connectivity index (χ1v) is 4.17. The van der Waals surface area contributed by atoms with E-state index in [1.54, 1.807) is 0 Å². The lowest BCUT2D eigenvalue weighted by Gasteiger charge is -1.95. The molecule has 0 saturated heterocycles. The van der Waals surface area contributed by atoms with Crippen LogP contribution in [0.3, 0.4) is 0 Å². The summed E-state index contributed by atoms with van der Waals surface area (Å²) < 4.78 is 0. The Kier molecular flexibility index (Phi) is 1.78. The summed E-state index contributed by atoms with van der Waals surface area (Å²) in [6.45, 7) is 2.08. The maximum atomic E-state index is 4.35. The summed E-state index contributed by atoms with van der Waals surface area (Å²) in [5.74, 6) is 0. The van der Waals surface area contributed by atoms with Gasteiger partial charge >= 0.3 is 0 Å². The lowest BCUT2D eigenvalue weighted by Crippen LogP contribution is -1.89. The monoisotopic (exact) mass is 157 g/mol. The van der Waals surface area contributed by atoms with Gasteiger partial charge in [0.1, 0.15) is 0 Å². The van der Waals surface area contributed by atoms with Crippen molar-refractivity contribution in [1.29, 1.82) is 0 Å². The molecule has 1 aliphatic heterocycles. The van der Waals surface area contributed by atoms with Crippen LogP contribution in [0, 0.1) is 0 Å². The molecule has 1 unspecified atom stereocenters. The highest BCUT2D eigenvalue weighted by atomic mass is 14.7. The van der Waals surface area contributed by atoms with Crippen molar-refractivity contribution in [3.05, 3.63) is 41.5 Å². The standard InChI is InChI=1S/C11H11N/c1-9-6-7-10-4-2-3-5-11(10)8-12-9/h2-9H,1H3. The van der Waals surface area contributed by atoms with Crippen LogP contribution in [0.2, 0.25) is 0 Å². The number of hydrogen-bond donors (Lipinski definition) is 0. The van der Waals surface area contributed by atoms with Gasteiger partial charge in [-0.1, -0.05) is 36.4 Å². The molecular weight excluding hydrogens is 146 g/mol. The highest BCUT2D eigenvalue weighted by Crippen LogP contribution is 2.12. The zero-order chi connectivity index (χ0) is 8.39. The van der Waals surface area contributed by atoms with E-state index in [1.165, 1.54) is 11.1 Å². The molecule has 1 aromatic rings. The molecule has 0 radical (unpaired) electrons. The molecule has 1 aromatic carbocycles. The topological polar surface area (TPSA) is 12.4 Å². The van der Waals surface area contributed by atoms with Crippen molar-refractivity contribution >= 4 is 12.3 Å². The lowest BCUT2D eigenvalue weighted by atomic mass is 10.1. The fourth-order valence-electron chi connectivity index (χ4n) is 1.27. The Morgan fingerprint density at radius 2 is 1.92 bits per heavy atom. The van der Waals surface area contributed by atoms with Crippen molar-refractivity contribution in [2.45, 2.75) is 13.0 Å². The van der Waals surface area contributed by atoms with E-state index in [4.69, 9.17) is 0 Å². The number of hydrogen-bond acceptors (Lipinski definition) is 1. The molecule has 60 valence electrons. The highest BCUT2D eigenvalue weighted by molar-refractivity contribution is 5.86. The first-order valence-electron chi connectivity index (χ1n) is 4.17. The molecule has 0 bridgehead atoms. The van der Waals surface area contributed by atoms with Crippen molar-refractivity contribution in [2.24, 2.45) is 4.99 Å². The van der Waals surface area contributed by atoms with Gasteiger partial charge in [0.05, 0.1) is 6.04 Å². The fourth-order valence-corrected chi connectivity index (χ4v) is 1.27. The maximum absolute atomic E-state index is 4.35. The van der Waals surface area contributed by atoms with Gasteiger partial charge in [0.25, 0.3) is 0 Å². The Morgan fingerprint density at radius 1 is 1.17 bits per heavy atom. The second-order valence-electron chi connectivity index (χ2n) is 3.01. The normalized spacial score (nSPS) is 20.2. The minimum Gasteiger partial charge on any atom is -0.285 e. The first kappa shape index (κ1) is 7.29. The summed E-state index contributed by atoms with van der Waals surface area (Å²) in [5, 5.41) is 0. The second-order valence-corrected chi connectivity index (χ2v) is 3.01. The van der Waals surface area contributed by atoms with Crippen molar-refractivity contribution < 1.29 is 0 Å². The average Bonchev–Trinajstić information content (AvgIpc) is 2.29. The van der Waals surface area contributed by atoms with Gasteiger partial charge < -0.3 is 0 Å². The molecule has 0 aromatic heterocycles. The van der Waals surface area contributed by atoms with Crippen LogP contribution < -0.4 is 0 Å². The van der Waals surface area contributed by atoms with Gasteiger partial charge in [-0.2, -0.15) is 0 Å². The van der Waals surface area contributed by atoms with Gasteiger partial charge in [-0.15, -0.1) is 0 Å². The van der Waals surface area contributed by atoms with Crippen LogP contribution in [0.4, 0.5) is 0 Å². The van der Waals surface area contributed by atoms with Crippen LogP contribution >= 0.6 is 0 Å². The number of rotatable bonds is 0. The highest BCUT2D eigenvalue weighted by Gasteiger charge is 2.00. The molecule has 1 aliphatic rings. The predicted octanol–water partition coefficient (Wildman–Crippen LogP) is 2.52. The largest absolute Gasteiger partial charge is 0.285 e. The molecule has 12 heavy (non-hydrogen) atoms. The Bertz CT molecular complexity index is 304. The lowest BCUT2D eigenvalue weighted by molar-refractivity contribution is 0.940. The van der Waals surface area contributed by atoms with E-state index in [-0.39, 0.29) is 0 Å². The van der Waals surface area contributed by atoms with Gasteiger partial charge in [0.2, 0.25) is 0 Å². The smallest absolute Gasteiger partial charge is 0.0655 e. The first-order chi connectivity index (χ1) is 5.86. The summed E-state index contributed by atoms with van der Waals surface area (Å²) in [6, 6.07) is 8.58. The second kappa shape index (κ2) is 2.94. The van der Waals surface area contributed by atoms with Crippen LogP contribution in [-0.2, 0) is 0 Å². The third-order valence-electron chi connectivity index (χ3n) is 2.00. The van der Waals surface area contributed by atoms with E-state index in [0.29, 0.717) is 6.04 Å². The zero-order valence-electron chi connectivity index (χ0n) is 7.07. The van der Waals surface area contributed by atoms with Gasteiger partial charge in [0, 0.05) is 6.21 Å². The SMILES string of the molecule is CC1C=Cc2ccccc2C=N1. The third-order valence-corrected chi connectivity index (χ3v) is 2.00. The Morgan fingerprint density at radius 3 is 2.75 bits per heavy atom. The fraction of sp³-hybridized carbons (Fsp3) is 0.182. The summed E-state index contributed by atoms with van der Waals surface area (Å²) in [4.78, 5) is 4.35. The van der Waals surface area contributed by atoms with E-state index in [9.17, 15) is 0 Å². The van der Waals surface area contributed by atoms with Gasteiger partial charge in [0.15, 0.2) is 0 Å². The van der Waals surface area contributed by atoms with Crippen molar-refractivity contribution in [1.82, 2.24) is 0 Å². The van der Waals surface area contributed by atoms with Crippen LogP contribution in [-0.4, -0.2) is 12.3 Å². The molecule has 0 aliphatic carbocycles. The van der Waals surface area contributed by atoms with E-state index in [2.05, 4.69) is 36.2 Å². The Balaban J connectivity index is 2.52. The van der Waals surface area contributed by atoms with Crippen molar-refractivity contribution in [3.8, 4) is 0 Å². The van der Waals surface area contributed by atoms with Gasteiger partial charge in [-0.3, -0.25) is 4.99 Å². The molecular formula is C11H11N. The number of benzene rings is 1. The molecule has 0 amide bonds. The van der Waals surface area contributed by atoms with E-state index in [1.807, 2.05) is 18.3 Å². The molecule has 0 fully saturated rings. The summed E-state index contributed by atoms with van der Waals surface area (Å²) in [5.41, 5.74) is 2.46. The minimum absolute atomic E-state index is 0.303. The van der Waals surface area contributed by atoms with E-state index in [0.717, 1.165) is 0 Å². The van der Waals surface area contributed by atoms with Crippen molar-refractivity contribution in [2.75, 3.05) is 0 Å². The molecule has 1 atom stereocenters. The average molecular weight is 157 g/mol. The molecule has 1 heterocycles. The van der Waals surface area contributed by atoms with E-state index >= 15 is 0 Å². The molecule has 0 spiro atoms. The van der Waals surface area contributed by atoms with E-state index < -0.39 is 0 Å².